The molecule has 90 valence electrons. The number of hydrogen-bond donors (Lipinski definition) is 1. The predicted molar refractivity (Wildman–Crippen MR) is 74.1 cm³/mol. The third-order valence-corrected chi connectivity index (χ3v) is 4.48. The first kappa shape index (κ1) is 11.7. The van der Waals surface area contributed by atoms with Crippen LogP contribution in [0.3, 0.4) is 0 Å². The Hall–Kier alpha value is -0.400. The Morgan fingerprint density at radius 1 is 1.47 bits per heavy atom. The fraction of sp³-hybridized carbons (Fsp3) is 0.455. The fourth-order valence-corrected chi connectivity index (χ4v) is 3.55. The number of halogens is 2. The minimum absolute atomic E-state index is 0.280. The number of hydrogen-bond acceptors (Lipinski definition) is 3. The van der Waals surface area contributed by atoms with Crippen LogP contribution in [0, 0.1) is 9.49 Å². The van der Waals surface area contributed by atoms with Gasteiger partial charge in [-0.15, -0.1) is 0 Å². The van der Waals surface area contributed by atoms with Crippen molar-refractivity contribution < 1.29 is 5.11 Å². The molecule has 1 saturated carbocycles. The topological polar surface area (TPSA) is 50.9 Å². The van der Waals surface area contributed by atoms with Crippen molar-refractivity contribution in [2.75, 3.05) is 6.61 Å². The third kappa shape index (κ3) is 1.84. The molecule has 3 rings (SSSR count). The summed E-state index contributed by atoms with van der Waals surface area (Å²) in [5.41, 5.74) is 0.899. The van der Waals surface area contributed by atoms with E-state index in [1.807, 2.05) is 0 Å². The van der Waals surface area contributed by atoms with E-state index >= 15 is 0 Å². The number of aliphatic hydroxyl groups excluding tert-OH is 1. The zero-order valence-electron chi connectivity index (χ0n) is 8.98. The fourth-order valence-electron chi connectivity index (χ4n) is 2.36. The van der Waals surface area contributed by atoms with Crippen molar-refractivity contribution in [3.05, 3.63) is 21.2 Å². The van der Waals surface area contributed by atoms with Crippen LogP contribution in [-0.2, 0) is 0 Å². The second-order valence-corrected chi connectivity index (χ2v) is 5.94. The highest BCUT2D eigenvalue weighted by atomic mass is 127. The molecule has 0 unspecified atom stereocenters. The van der Waals surface area contributed by atoms with E-state index in [0.717, 1.165) is 27.4 Å². The van der Waals surface area contributed by atoms with Gasteiger partial charge in [0.2, 0.25) is 0 Å². The molecule has 0 radical (unpaired) electrons. The number of aromatic nitrogens is 3. The molecule has 0 aliphatic heterocycles. The van der Waals surface area contributed by atoms with Crippen LogP contribution in [0.25, 0.3) is 11.0 Å². The molecular formula is C11H11ClIN3O. The highest BCUT2D eigenvalue weighted by Crippen LogP contribution is 2.40. The van der Waals surface area contributed by atoms with Crippen molar-refractivity contribution in [2.24, 2.45) is 5.92 Å². The van der Waals surface area contributed by atoms with E-state index in [1.54, 1.807) is 0 Å². The Morgan fingerprint density at radius 3 is 2.94 bits per heavy atom. The normalized spacial score (nSPS) is 23.9. The van der Waals surface area contributed by atoms with Crippen molar-refractivity contribution in [3.63, 3.8) is 0 Å². The zero-order valence-corrected chi connectivity index (χ0v) is 11.9. The first-order valence-corrected chi connectivity index (χ1v) is 6.93. The smallest absolute Gasteiger partial charge is 0.146 e. The van der Waals surface area contributed by atoms with Crippen LogP contribution in [0.15, 0.2) is 12.5 Å². The zero-order chi connectivity index (χ0) is 12.0. The van der Waals surface area contributed by atoms with Gasteiger partial charge < -0.3 is 9.67 Å². The summed E-state index contributed by atoms with van der Waals surface area (Å²) in [6.45, 7) is 0.280. The van der Waals surface area contributed by atoms with Crippen LogP contribution in [0.2, 0.25) is 5.15 Å². The molecule has 2 aromatic rings. The summed E-state index contributed by atoms with van der Waals surface area (Å²) < 4.78 is 3.24. The van der Waals surface area contributed by atoms with E-state index in [2.05, 4.69) is 43.3 Å². The lowest BCUT2D eigenvalue weighted by Crippen LogP contribution is -2.28. The predicted octanol–water partition coefficient (Wildman–Crippen LogP) is 2.63. The molecular weight excluding hydrogens is 352 g/mol. The molecule has 0 saturated heterocycles. The van der Waals surface area contributed by atoms with Crippen molar-refractivity contribution in [2.45, 2.75) is 18.9 Å². The first-order chi connectivity index (χ1) is 8.20. The maximum atomic E-state index is 9.06. The molecule has 2 heterocycles. The minimum Gasteiger partial charge on any atom is -0.396 e. The van der Waals surface area contributed by atoms with Crippen LogP contribution in [-0.4, -0.2) is 26.2 Å². The van der Waals surface area contributed by atoms with Crippen molar-refractivity contribution in [3.8, 4) is 0 Å². The lowest BCUT2D eigenvalue weighted by Gasteiger charge is -2.35. The number of fused-ring (bicyclic) bond motifs is 1. The lowest BCUT2D eigenvalue weighted by molar-refractivity contribution is 0.114. The first-order valence-electron chi connectivity index (χ1n) is 5.48. The van der Waals surface area contributed by atoms with Gasteiger partial charge in [-0.25, -0.2) is 9.97 Å². The Morgan fingerprint density at radius 2 is 2.24 bits per heavy atom. The molecule has 0 amide bonds. The molecule has 6 heteroatoms. The van der Waals surface area contributed by atoms with E-state index in [0.29, 0.717) is 17.1 Å². The van der Waals surface area contributed by atoms with Crippen LogP contribution in [0.5, 0.6) is 0 Å². The van der Waals surface area contributed by atoms with Crippen LogP contribution >= 0.6 is 34.2 Å². The summed E-state index contributed by atoms with van der Waals surface area (Å²) in [7, 11) is 0. The van der Waals surface area contributed by atoms with Crippen LogP contribution in [0.1, 0.15) is 18.9 Å². The van der Waals surface area contributed by atoms with E-state index in [9.17, 15) is 0 Å². The standard InChI is InChI=1S/C11H11ClIN3O/c12-10-9-8(13)3-16(11(9)15-5-14-10)7-1-6(2-7)4-17/h3,5-7,17H,1-2,4H2/t6-,7-. The third-order valence-electron chi connectivity index (χ3n) is 3.38. The highest BCUT2D eigenvalue weighted by molar-refractivity contribution is 14.1. The number of rotatable bonds is 2. The summed E-state index contributed by atoms with van der Waals surface area (Å²) in [4.78, 5) is 8.33. The molecule has 0 atom stereocenters. The summed E-state index contributed by atoms with van der Waals surface area (Å²) >= 11 is 8.35. The van der Waals surface area contributed by atoms with Gasteiger partial charge in [0.15, 0.2) is 0 Å². The summed E-state index contributed by atoms with van der Waals surface area (Å²) in [6, 6.07) is 0.434. The van der Waals surface area contributed by atoms with Crippen LogP contribution in [0.4, 0.5) is 0 Å². The second kappa shape index (κ2) is 4.37. The Labute approximate surface area is 117 Å². The average molecular weight is 364 g/mol. The van der Waals surface area contributed by atoms with Gasteiger partial charge in [0.25, 0.3) is 0 Å². The molecule has 2 aromatic heterocycles. The highest BCUT2D eigenvalue weighted by Gasteiger charge is 2.31. The maximum absolute atomic E-state index is 9.06. The van der Waals surface area contributed by atoms with E-state index < -0.39 is 0 Å². The van der Waals surface area contributed by atoms with Gasteiger partial charge in [-0.2, -0.15) is 0 Å². The van der Waals surface area contributed by atoms with Gasteiger partial charge in [-0.3, -0.25) is 0 Å². The van der Waals surface area contributed by atoms with Gasteiger partial charge >= 0.3 is 0 Å². The number of nitrogens with zero attached hydrogens (tertiary/aromatic N) is 3. The maximum Gasteiger partial charge on any atom is 0.146 e. The SMILES string of the molecule is OC[C@H]1C[C@H](n2cc(I)c3c(Cl)ncnc32)C1. The molecule has 0 spiro atoms. The lowest BCUT2D eigenvalue weighted by atomic mass is 9.81. The molecule has 1 N–H and O–H groups in total. The summed E-state index contributed by atoms with van der Waals surface area (Å²) in [6.07, 6.45) is 5.60. The van der Waals surface area contributed by atoms with Gasteiger partial charge in [-0.05, 0) is 41.4 Å². The quantitative estimate of drug-likeness (QED) is 0.659. The van der Waals surface area contributed by atoms with Gasteiger partial charge in [0, 0.05) is 22.4 Å². The molecule has 4 nitrogen and oxygen atoms in total. The Balaban J connectivity index is 2.04. The van der Waals surface area contributed by atoms with Crippen molar-refractivity contribution >= 4 is 45.2 Å². The van der Waals surface area contributed by atoms with Gasteiger partial charge in [0.1, 0.15) is 17.1 Å². The molecule has 17 heavy (non-hydrogen) atoms. The molecule has 0 aromatic carbocycles. The average Bonchev–Trinajstić information content (AvgIpc) is 2.56. The molecule has 1 aliphatic carbocycles. The second-order valence-electron chi connectivity index (χ2n) is 4.42. The summed E-state index contributed by atoms with van der Waals surface area (Å²) in [5.74, 6) is 0.437. The monoisotopic (exact) mass is 363 g/mol. The molecule has 1 aliphatic rings. The van der Waals surface area contributed by atoms with Crippen LogP contribution < -0.4 is 0 Å². The van der Waals surface area contributed by atoms with E-state index in [-0.39, 0.29) is 6.61 Å². The van der Waals surface area contributed by atoms with Gasteiger partial charge in [-0.1, -0.05) is 11.6 Å². The molecule has 0 bridgehead atoms. The van der Waals surface area contributed by atoms with E-state index in [1.165, 1.54) is 6.33 Å². The summed E-state index contributed by atoms with van der Waals surface area (Å²) in [5, 5.41) is 10.5. The minimum atomic E-state index is 0.280. The van der Waals surface area contributed by atoms with Crippen molar-refractivity contribution in [1.29, 1.82) is 0 Å². The largest absolute Gasteiger partial charge is 0.396 e. The van der Waals surface area contributed by atoms with Crippen molar-refractivity contribution in [1.82, 2.24) is 14.5 Å². The van der Waals surface area contributed by atoms with Gasteiger partial charge in [0.05, 0.1) is 5.39 Å². The van der Waals surface area contributed by atoms with E-state index in [4.69, 9.17) is 16.7 Å². The Bertz CT molecular complexity index is 565. The molecule has 1 fully saturated rings. The Kier molecular flexibility index (Phi) is 3.00. The number of aliphatic hydroxyl groups is 1.